The number of rotatable bonds is 6. The first-order valence-corrected chi connectivity index (χ1v) is 9.12. The molecule has 0 aliphatic heterocycles. The molecule has 2 aromatic carbocycles. The summed E-state index contributed by atoms with van der Waals surface area (Å²) in [5.74, 6) is -0.678. The van der Waals surface area contributed by atoms with E-state index < -0.39 is 5.97 Å². The van der Waals surface area contributed by atoms with Crippen LogP contribution in [0.5, 0.6) is 0 Å². The van der Waals surface area contributed by atoms with Gasteiger partial charge in [-0.05, 0) is 29.7 Å². The first-order chi connectivity index (χ1) is 14.0. The summed E-state index contributed by atoms with van der Waals surface area (Å²) < 4.78 is 6.61. The second kappa shape index (κ2) is 8.85. The number of carbonyl (C=O) groups is 2. The van der Waals surface area contributed by atoms with Crippen LogP contribution < -0.4 is 5.32 Å². The average Bonchev–Trinajstić information content (AvgIpc) is 3.10. The van der Waals surface area contributed by atoms with Gasteiger partial charge in [0.05, 0.1) is 24.8 Å². The van der Waals surface area contributed by atoms with Crippen LogP contribution in [0.3, 0.4) is 0 Å². The smallest absolute Gasteiger partial charge is 0.343 e. The fourth-order valence-electron chi connectivity index (χ4n) is 2.93. The zero-order chi connectivity index (χ0) is 20.8. The van der Waals surface area contributed by atoms with Gasteiger partial charge in [-0.2, -0.15) is 10.4 Å². The van der Waals surface area contributed by atoms with E-state index in [1.807, 2.05) is 42.5 Å². The minimum Gasteiger partial charge on any atom is -0.462 e. The monoisotopic (exact) mass is 388 g/mol. The highest BCUT2D eigenvalue weighted by molar-refractivity contribution is 5.99. The molecule has 7 nitrogen and oxygen atoms in total. The predicted octanol–water partition coefficient (Wildman–Crippen LogP) is 3.61. The lowest BCUT2D eigenvalue weighted by Gasteiger charge is -2.06. The van der Waals surface area contributed by atoms with Crippen molar-refractivity contribution >= 4 is 17.7 Å². The molecule has 1 amide bonds. The van der Waals surface area contributed by atoms with Crippen molar-refractivity contribution in [3.8, 4) is 17.2 Å². The van der Waals surface area contributed by atoms with E-state index in [-0.39, 0.29) is 23.9 Å². The number of carbonyl (C=O) groups excluding carboxylic acids is 2. The molecule has 146 valence electrons. The van der Waals surface area contributed by atoms with Crippen LogP contribution in [0.25, 0.3) is 11.1 Å². The van der Waals surface area contributed by atoms with Crippen LogP contribution >= 0.6 is 0 Å². The van der Waals surface area contributed by atoms with E-state index in [4.69, 9.17) is 4.74 Å². The van der Waals surface area contributed by atoms with Crippen molar-refractivity contribution in [2.45, 2.75) is 20.4 Å². The third-order valence-electron chi connectivity index (χ3n) is 4.21. The zero-order valence-electron chi connectivity index (χ0n) is 16.2. The van der Waals surface area contributed by atoms with Crippen LogP contribution in [0.2, 0.25) is 0 Å². The van der Waals surface area contributed by atoms with Gasteiger partial charge in [0.15, 0.2) is 5.82 Å². The highest BCUT2D eigenvalue weighted by Crippen LogP contribution is 2.24. The van der Waals surface area contributed by atoms with E-state index >= 15 is 0 Å². The number of nitrogens with zero attached hydrogens (tertiary/aromatic N) is 3. The molecule has 0 bridgehead atoms. The summed E-state index contributed by atoms with van der Waals surface area (Å²) in [6, 6.07) is 17.4. The average molecular weight is 388 g/mol. The molecule has 29 heavy (non-hydrogen) atoms. The molecule has 0 unspecified atom stereocenters. The molecule has 1 N–H and O–H groups in total. The Morgan fingerprint density at radius 3 is 2.55 bits per heavy atom. The fourth-order valence-corrected chi connectivity index (χ4v) is 2.93. The van der Waals surface area contributed by atoms with Gasteiger partial charge in [-0.25, -0.2) is 4.79 Å². The molecule has 0 saturated carbocycles. The molecule has 7 heteroatoms. The standard InChI is InChI=1S/C22H20N4O3/c1-3-29-22(28)20-14-26(25-21(20)24-15(2)27)13-16-8-10-17(11-9-16)19-7-5-4-6-18(19)12-23/h4-11,14H,3,13H2,1-2H3,(H,24,25,27). The lowest BCUT2D eigenvalue weighted by Crippen LogP contribution is -2.12. The fraction of sp³-hybridized carbons (Fsp3) is 0.182. The van der Waals surface area contributed by atoms with Crippen LogP contribution in [0.4, 0.5) is 5.82 Å². The Labute approximate surface area is 168 Å². The first kappa shape index (κ1) is 19.8. The molecule has 1 heterocycles. The van der Waals surface area contributed by atoms with Gasteiger partial charge in [-0.1, -0.05) is 42.5 Å². The van der Waals surface area contributed by atoms with Gasteiger partial charge >= 0.3 is 5.97 Å². The normalized spacial score (nSPS) is 10.2. The summed E-state index contributed by atoms with van der Waals surface area (Å²) >= 11 is 0. The maximum absolute atomic E-state index is 12.1. The van der Waals surface area contributed by atoms with Crippen molar-refractivity contribution in [3.05, 3.63) is 71.4 Å². The van der Waals surface area contributed by atoms with Crippen molar-refractivity contribution in [3.63, 3.8) is 0 Å². The summed E-state index contributed by atoms with van der Waals surface area (Å²) in [6.45, 7) is 3.71. The van der Waals surface area contributed by atoms with Gasteiger partial charge in [0.25, 0.3) is 0 Å². The molecule has 0 aliphatic rings. The van der Waals surface area contributed by atoms with Crippen molar-refractivity contribution in [1.82, 2.24) is 9.78 Å². The number of anilines is 1. The number of esters is 1. The molecule has 3 aromatic rings. The number of nitriles is 1. The highest BCUT2D eigenvalue weighted by atomic mass is 16.5. The maximum atomic E-state index is 12.1. The Bertz CT molecular complexity index is 1080. The maximum Gasteiger partial charge on any atom is 0.343 e. The van der Waals surface area contributed by atoms with E-state index in [1.165, 1.54) is 6.92 Å². The van der Waals surface area contributed by atoms with E-state index in [0.717, 1.165) is 16.7 Å². The van der Waals surface area contributed by atoms with Crippen LogP contribution in [0.1, 0.15) is 35.3 Å². The second-order valence-electron chi connectivity index (χ2n) is 6.34. The Kier molecular flexibility index (Phi) is 6.05. The molecule has 3 rings (SSSR count). The molecular formula is C22H20N4O3. The Hall–Kier alpha value is -3.92. The summed E-state index contributed by atoms with van der Waals surface area (Å²) in [7, 11) is 0. The number of nitrogens with one attached hydrogen (secondary N) is 1. The van der Waals surface area contributed by atoms with E-state index in [9.17, 15) is 14.9 Å². The number of hydrogen-bond donors (Lipinski definition) is 1. The quantitative estimate of drug-likeness (QED) is 0.651. The van der Waals surface area contributed by atoms with Gasteiger partial charge < -0.3 is 10.1 Å². The van der Waals surface area contributed by atoms with E-state index in [0.29, 0.717) is 12.1 Å². The highest BCUT2D eigenvalue weighted by Gasteiger charge is 2.18. The van der Waals surface area contributed by atoms with Gasteiger partial charge in [0.2, 0.25) is 5.91 Å². The van der Waals surface area contributed by atoms with Crippen LogP contribution in [0, 0.1) is 11.3 Å². The summed E-state index contributed by atoms with van der Waals surface area (Å²) in [6.07, 6.45) is 1.56. The molecule has 1 aromatic heterocycles. The van der Waals surface area contributed by atoms with Gasteiger partial charge in [0.1, 0.15) is 5.56 Å². The van der Waals surface area contributed by atoms with Gasteiger partial charge in [0, 0.05) is 13.1 Å². The van der Waals surface area contributed by atoms with Crippen LogP contribution in [-0.4, -0.2) is 28.3 Å². The number of aromatic nitrogens is 2. The van der Waals surface area contributed by atoms with E-state index in [2.05, 4.69) is 16.5 Å². The van der Waals surface area contributed by atoms with Gasteiger partial charge in [-0.3, -0.25) is 9.48 Å². The molecule has 0 saturated heterocycles. The second-order valence-corrected chi connectivity index (χ2v) is 6.34. The molecule has 0 spiro atoms. The van der Waals surface area contributed by atoms with Crippen molar-refractivity contribution in [2.75, 3.05) is 11.9 Å². The summed E-state index contributed by atoms with van der Waals surface area (Å²) in [5.41, 5.74) is 3.60. The largest absolute Gasteiger partial charge is 0.462 e. The zero-order valence-corrected chi connectivity index (χ0v) is 16.2. The van der Waals surface area contributed by atoms with Crippen LogP contribution in [0.15, 0.2) is 54.7 Å². The summed E-state index contributed by atoms with van der Waals surface area (Å²) in [4.78, 5) is 23.5. The molecular weight excluding hydrogens is 368 g/mol. The number of ether oxygens (including phenoxy) is 1. The molecule has 0 fully saturated rings. The first-order valence-electron chi connectivity index (χ1n) is 9.12. The summed E-state index contributed by atoms with van der Waals surface area (Å²) in [5, 5.41) is 16.1. The molecule has 0 atom stereocenters. The Morgan fingerprint density at radius 1 is 1.17 bits per heavy atom. The number of hydrogen-bond acceptors (Lipinski definition) is 5. The number of amides is 1. The van der Waals surface area contributed by atoms with Crippen molar-refractivity contribution < 1.29 is 14.3 Å². The van der Waals surface area contributed by atoms with E-state index in [1.54, 1.807) is 23.9 Å². The molecule has 0 radical (unpaired) electrons. The third-order valence-corrected chi connectivity index (χ3v) is 4.21. The molecule has 0 aliphatic carbocycles. The Morgan fingerprint density at radius 2 is 1.90 bits per heavy atom. The minimum absolute atomic E-state index is 0.176. The lowest BCUT2D eigenvalue weighted by molar-refractivity contribution is -0.114. The third kappa shape index (κ3) is 4.68. The SMILES string of the molecule is CCOC(=O)c1cn(Cc2ccc(-c3ccccc3C#N)cc2)nc1NC(C)=O. The van der Waals surface area contributed by atoms with Crippen molar-refractivity contribution in [1.29, 1.82) is 5.26 Å². The minimum atomic E-state index is -0.536. The van der Waals surface area contributed by atoms with Crippen molar-refractivity contribution in [2.24, 2.45) is 0 Å². The Balaban J connectivity index is 1.84. The predicted molar refractivity (Wildman–Crippen MR) is 108 cm³/mol. The number of benzene rings is 2. The lowest BCUT2D eigenvalue weighted by atomic mass is 9.99. The van der Waals surface area contributed by atoms with Crippen LogP contribution in [-0.2, 0) is 16.1 Å². The topological polar surface area (TPSA) is 97.0 Å². The van der Waals surface area contributed by atoms with Gasteiger partial charge in [-0.15, -0.1) is 0 Å².